The molecule has 0 spiro atoms. The van der Waals surface area contributed by atoms with Crippen molar-refractivity contribution >= 4 is 11.7 Å². The van der Waals surface area contributed by atoms with Crippen LogP contribution in [0.4, 0.5) is 5.69 Å². The summed E-state index contributed by atoms with van der Waals surface area (Å²) in [6, 6.07) is 3.35. The van der Waals surface area contributed by atoms with Crippen LogP contribution in [0.2, 0.25) is 0 Å². The van der Waals surface area contributed by atoms with Gasteiger partial charge in [-0.05, 0) is 54.7 Å². The van der Waals surface area contributed by atoms with Crippen LogP contribution in [0, 0.1) is 10.1 Å². The summed E-state index contributed by atoms with van der Waals surface area (Å²) in [6.07, 6.45) is 1.04. The molecule has 1 aliphatic carbocycles. The minimum absolute atomic E-state index is 0.106. The van der Waals surface area contributed by atoms with Gasteiger partial charge in [-0.25, -0.2) is 4.79 Å². The molecule has 0 radical (unpaired) electrons. The van der Waals surface area contributed by atoms with Crippen molar-refractivity contribution in [2.75, 3.05) is 6.61 Å². The molecule has 0 heterocycles. The molecule has 0 bridgehead atoms. The van der Waals surface area contributed by atoms with Crippen LogP contribution in [0.25, 0.3) is 0 Å². The van der Waals surface area contributed by atoms with E-state index in [0.29, 0.717) is 0 Å². The van der Waals surface area contributed by atoms with Gasteiger partial charge in [0.2, 0.25) is 0 Å². The Morgan fingerprint density at radius 3 is 2.20 bits per heavy atom. The molecular weight excluding hydrogens is 322 g/mol. The molecule has 0 fully saturated rings. The number of benzene rings is 1. The topological polar surface area (TPSA) is 78.7 Å². The number of esters is 1. The quantitative estimate of drug-likeness (QED) is 0.450. The maximum Gasteiger partial charge on any atom is 0.347 e. The third kappa shape index (κ3) is 3.78. The van der Waals surface area contributed by atoms with Crippen LogP contribution in [-0.2, 0) is 20.4 Å². The summed E-state index contributed by atoms with van der Waals surface area (Å²) in [5, 5.41) is 11.6. The molecule has 138 valence electrons. The van der Waals surface area contributed by atoms with Gasteiger partial charge in [-0.2, -0.15) is 0 Å². The van der Waals surface area contributed by atoms with Crippen LogP contribution in [0.5, 0.6) is 5.75 Å². The van der Waals surface area contributed by atoms with Gasteiger partial charge in [0.15, 0.2) is 11.9 Å². The molecule has 2 rings (SSSR count). The molecule has 0 saturated heterocycles. The summed E-state index contributed by atoms with van der Waals surface area (Å²) in [7, 11) is 0. The second kappa shape index (κ2) is 6.65. The molecular formula is C19H27NO5. The van der Waals surface area contributed by atoms with E-state index in [0.717, 1.165) is 24.0 Å². The summed E-state index contributed by atoms with van der Waals surface area (Å²) in [6.45, 7) is 11.9. The van der Waals surface area contributed by atoms with Crippen molar-refractivity contribution in [2.45, 2.75) is 71.3 Å². The third-order valence-corrected chi connectivity index (χ3v) is 5.05. The number of carbonyl (C=O) groups is 1. The maximum absolute atomic E-state index is 11.8. The lowest BCUT2D eigenvalue weighted by Crippen LogP contribution is -2.34. The first-order chi connectivity index (χ1) is 11.5. The van der Waals surface area contributed by atoms with E-state index >= 15 is 0 Å². The second-order valence-electron chi connectivity index (χ2n) is 7.90. The number of fused-ring (bicyclic) bond motifs is 1. The standard InChI is InChI=1S/C19H27NO5/c1-7-24-17(21)12(2)25-16-11-14-13(10-15(16)20(22)23)18(3,4)8-9-19(14,5)6/h10-12H,7-9H2,1-6H3. The first-order valence-corrected chi connectivity index (χ1v) is 8.66. The second-order valence-corrected chi connectivity index (χ2v) is 7.90. The molecule has 1 aromatic carbocycles. The molecule has 6 nitrogen and oxygen atoms in total. The molecule has 0 N–H and O–H groups in total. The van der Waals surface area contributed by atoms with Crippen molar-refractivity contribution in [3.05, 3.63) is 33.4 Å². The van der Waals surface area contributed by atoms with E-state index in [1.807, 2.05) is 0 Å². The number of carbonyl (C=O) groups excluding carboxylic acids is 1. The number of nitro benzene ring substituents is 1. The summed E-state index contributed by atoms with van der Waals surface area (Å²) >= 11 is 0. The summed E-state index contributed by atoms with van der Waals surface area (Å²) < 4.78 is 10.6. The van der Waals surface area contributed by atoms with Gasteiger partial charge in [0.1, 0.15) is 0 Å². The first-order valence-electron chi connectivity index (χ1n) is 8.66. The largest absolute Gasteiger partial charge is 0.472 e. The Labute approximate surface area is 148 Å². The van der Waals surface area contributed by atoms with Crippen LogP contribution in [0.15, 0.2) is 12.1 Å². The molecule has 0 aromatic heterocycles. The summed E-state index contributed by atoms with van der Waals surface area (Å²) in [5.41, 5.74) is 1.67. The van der Waals surface area contributed by atoms with Crippen LogP contribution < -0.4 is 4.74 Å². The van der Waals surface area contributed by atoms with Gasteiger partial charge >= 0.3 is 11.7 Å². The zero-order chi connectivity index (χ0) is 19.0. The number of ether oxygens (including phenoxy) is 2. The Hall–Kier alpha value is -2.11. The highest BCUT2D eigenvalue weighted by atomic mass is 16.6. The predicted molar refractivity (Wildman–Crippen MR) is 95.1 cm³/mol. The van der Waals surface area contributed by atoms with Crippen molar-refractivity contribution in [3.8, 4) is 5.75 Å². The Kier molecular flexibility index (Phi) is 5.11. The van der Waals surface area contributed by atoms with E-state index in [1.54, 1.807) is 19.1 Å². The Morgan fingerprint density at radius 2 is 1.72 bits per heavy atom. The minimum Gasteiger partial charge on any atom is -0.472 e. The van der Waals surface area contributed by atoms with Crippen molar-refractivity contribution in [3.63, 3.8) is 0 Å². The maximum atomic E-state index is 11.8. The third-order valence-electron chi connectivity index (χ3n) is 5.05. The fourth-order valence-electron chi connectivity index (χ4n) is 3.32. The Balaban J connectivity index is 2.54. The van der Waals surface area contributed by atoms with Gasteiger partial charge in [-0.3, -0.25) is 10.1 Å². The molecule has 1 unspecified atom stereocenters. The molecule has 0 amide bonds. The molecule has 1 aromatic rings. The first kappa shape index (κ1) is 19.2. The minimum atomic E-state index is -0.906. The van der Waals surface area contributed by atoms with Crippen LogP contribution in [0.1, 0.15) is 65.5 Å². The van der Waals surface area contributed by atoms with Gasteiger partial charge in [-0.15, -0.1) is 0 Å². The highest BCUT2D eigenvalue weighted by Crippen LogP contribution is 2.49. The number of hydrogen-bond acceptors (Lipinski definition) is 5. The molecule has 1 aliphatic rings. The average Bonchev–Trinajstić information content (AvgIpc) is 2.51. The van der Waals surface area contributed by atoms with E-state index in [2.05, 4.69) is 27.7 Å². The normalized spacial score (nSPS) is 18.8. The van der Waals surface area contributed by atoms with E-state index in [9.17, 15) is 14.9 Å². The fraction of sp³-hybridized carbons (Fsp3) is 0.632. The summed E-state index contributed by atoms with van der Waals surface area (Å²) in [5.74, 6) is -0.413. The van der Waals surface area contributed by atoms with Crippen LogP contribution in [-0.4, -0.2) is 23.6 Å². The van der Waals surface area contributed by atoms with Gasteiger partial charge in [0.25, 0.3) is 0 Å². The molecule has 1 atom stereocenters. The van der Waals surface area contributed by atoms with Gasteiger partial charge in [0.05, 0.1) is 11.5 Å². The van der Waals surface area contributed by atoms with E-state index in [-0.39, 0.29) is 28.9 Å². The predicted octanol–water partition coefficient (Wildman–Crippen LogP) is 4.27. The van der Waals surface area contributed by atoms with Gasteiger partial charge in [0, 0.05) is 6.07 Å². The van der Waals surface area contributed by atoms with E-state index in [4.69, 9.17) is 9.47 Å². The highest BCUT2D eigenvalue weighted by molar-refractivity contribution is 5.75. The molecule has 6 heteroatoms. The molecule has 0 saturated carbocycles. The Morgan fingerprint density at radius 1 is 1.20 bits per heavy atom. The number of rotatable bonds is 5. The Bertz CT molecular complexity index is 693. The van der Waals surface area contributed by atoms with E-state index < -0.39 is 17.0 Å². The fourth-order valence-corrected chi connectivity index (χ4v) is 3.32. The van der Waals surface area contributed by atoms with Crippen molar-refractivity contribution in [2.24, 2.45) is 0 Å². The van der Waals surface area contributed by atoms with Crippen molar-refractivity contribution in [1.82, 2.24) is 0 Å². The lowest BCUT2D eigenvalue weighted by molar-refractivity contribution is -0.386. The lowest BCUT2D eigenvalue weighted by atomic mass is 9.63. The van der Waals surface area contributed by atoms with Gasteiger partial charge < -0.3 is 9.47 Å². The number of nitro groups is 1. The number of hydrogen-bond donors (Lipinski definition) is 0. The smallest absolute Gasteiger partial charge is 0.347 e. The van der Waals surface area contributed by atoms with Crippen molar-refractivity contribution in [1.29, 1.82) is 0 Å². The zero-order valence-corrected chi connectivity index (χ0v) is 15.8. The zero-order valence-electron chi connectivity index (χ0n) is 15.8. The highest BCUT2D eigenvalue weighted by Gasteiger charge is 2.39. The average molecular weight is 349 g/mol. The monoisotopic (exact) mass is 349 g/mol. The van der Waals surface area contributed by atoms with Gasteiger partial charge in [-0.1, -0.05) is 27.7 Å². The molecule has 25 heavy (non-hydrogen) atoms. The van der Waals surface area contributed by atoms with Crippen molar-refractivity contribution < 1.29 is 19.2 Å². The SMILES string of the molecule is CCOC(=O)C(C)Oc1cc2c(cc1[N+](=O)[O-])C(C)(C)CCC2(C)C. The molecule has 0 aliphatic heterocycles. The van der Waals surface area contributed by atoms with E-state index in [1.165, 1.54) is 6.92 Å². The lowest BCUT2D eigenvalue weighted by Gasteiger charge is -2.41. The van der Waals surface area contributed by atoms with Crippen LogP contribution in [0.3, 0.4) is 0 Å². The summed E-state index contributed by atoms with van der Waals surface area (Å²) in [4.78, 5) is 22.9. The number of nitrogens with zero attached hydrogens (tertiary/aromatic N) is 1. The van der Waals surface area contributed by atoms with Crippen LogP contribution >= 0.6 is 0 Å².